The van der Waals surface area contributed by atoms with Crippen LogP contribution in [0.25, 0.3) is 0 Å². The number of aromatic nitrogens is 2. The van der Waals surface area contributed by atoms with Crippen molar-refractivity contribution in [3.8, 4) is 0 Å². The fraction of sp³-hybridized carbons (Fsp3) is 0.167. The van der Waals surface area contributed by atoms with Crippen LogP contribution in [0.15, 0.2) is 34.9 Å². The third-order valence-corrected chi connectivity index (χ3v) is 3.66. The standard InChI is InChI=1S/C12H10BrClN2O/c1-16-6-5-8(15-16)7-11(17)9-3-2-4-10(13)12(9)14/h2-6H,7H2,1H3. The van der Waals surface area contributed by atoms with Gasteiger partial charge in [-0.1, -0.05) is 17.7 Å². The number of benzene rings is 1. The van der Waals surface area contributed by atoms with E-state index in [0.29, 0.717) is 10.6 Å². The Morgan fingerprint density at radius 2 is 2.24 bits per heavy atom. The molecule has 2 aromatic rings. The van der Waals surface area contributed by atoms with Gasteiger partial charge in [0.1, 0.15) is 0 Å². The molecule has 0 saturated heterocycles. The molecule has 88 valence electrons. The Labute approximate surface area is 113 Å². The fourth-order valence-corrected chi connectivity index (χ4v) is 2.13. The lowest BCUT2D eigenvalue weighted by Gasteiger charge is -2.03. The van der Waals surface area contributed by atoms with E-state index < -0.39 is 0 Å². The van der Waals surface area contributed by atoms with E-state index >= 15 is 0 Å². The molecule has 0 N–H and O–H groups in total. The number of ketones is 1. The molecule has 5 heteroatoms. The summed E-state index contributed by atoms with van der Waals surface area (Å²) in [6.07, 6.45) is 2.07. The largest absolute Gasteiger partial charge is 0.294 e. The molecular formula is C12H10BrClN2O. The van der Waals surface area contributed by atoms with Crippen molar-refractivity contribution in [3.05, 3.63) is 51.2 Å². The number of Topliss-reactive ketones (excluding diaryl/α,β-unsaturated/α-hetero) is 1. The van der Waals surface area contributed by atoms with E-state index in [2.05, 4.69) is 21.0 Å². The van der Waals surface area contributed by atoms with Gasteiger partial charge in [0.2, 0.25) is 0 Å². The smallest absolute Gasteiger partial charge is 0.170 e. The third-order valence-electron chi connectivity index (χ3n) is 2.36. The molecule has 3 nitrogen and oxygen atoms in total. The van der Waals surface area contributed by atoms with Crippen molar-refractivity contribution in [2.24, 2.45) is 7.05 Å². The summed E-state index contributed by atoms with van der Waals surface area (Å²) >= 11 is 9.37. The van der Waals surface area contributed by atoms with Gasteiger partial charge in [0, 0.05) is 23.3 Å². The van der Waals surface area contributed by atoms with Crippen molar-refractivity contribution in [2.45, 2.75) is 6.42 Å². The van der Waals surface area contributed by atoms with Crippen LogP contribution in [0.1, 0.15) is 16.1 Å². The van der Waals surface area contributed by atoms with Crippen molar-refractivity contribution in [2.75, 3.05) is 0 Å². The number of nitrogens with zero attached hydrogens (tertiary/aromatic N) is 2. The van der Waals surface area contributed by atoms with Gasteiger partial charge in [0.05, 0.1) is 17.1 Å². The van der Waals surface area contributed by atoms with E-state index in [-0.39, 0.29) is 12.2 Å². The summed E-state index contributed by atoms with van der Waals surface area (Å²) < 4.78 is 2.40. The van der Waals surface area contributed by atoms with Gasteiger partial charge in [-0.2, -0.15) is 5.10 Å². The molecule has 0 bridgehead atoms. The van der Waals surface area contributed by atoms with Gasteiger partial charge in [-0.3, -0.25) is 9.48 Å². The molecule has 0 amide bonds. The van der Waals surface area contributed by atoms with Crippen LogP contribution in [-0.2, 0) is 13.5 Å². The molecule has 0 atom stereocenters. The van der Waals surface area contributed by atoms with Crippen LogP contribution in [0.4, 0.5) is 0 Å². The molecule has 1 aromatic carbocycles. The Balaban J connectivity index is 2.23. The van der Waals surface area contributed by atoms with E-state index in [0.717, 1.165) is 10.2 Å². The minimum Gasteiger partial charge on any atom is -0.294 e. The Bertz CT molecular complexity index is 565. The van der Waals surface area contributed by atoms with Gasteiger partial charge < -0.3 is 0 Å². The molecule has 0 aliphatic carbocycles. The lowest BCUT2D eigenvalue weighted by Crippen LogP contribution is -2.05. The van der Waals surface area contributed by atoms with Gasteiger partial charge in [-0.25, -0.2) is 0 Å². The predicted molar refractivity (Wildman–Crippen MR) is 70.4 cm³/mol. The number of hydrogen-bond donors (Lipinski definition) is 0. The summed E-state index contributed by atoms with van der Waals surface area (Å²) in [6.45, 7) is 0. The summed E-state index contributed by atoms with van der Waals surface area (Å²) in [5.41, 5.74) is 1.26. The molecule has 0 spiro atoms. The summed E-state index contributed by atoms with van der Waals surface area (Å²) in [6, 6.07) is 7.14. The second-order valence-corrected chi connectivity index (χ2v) is 4.91. The molecule has 0 unspecified atom stereocenters. The minimum atomic E-state index is -0.0324. The van der Waals surface area contributed by atoms with E-state index in [1.54, 1.807) is 22.9 Å². The first kappa shape index (κ1) is 12.3. The first-order valence-electron chi connectivity index (χ1n) is 5.03. The van der Waals surface area contributed by atoms with Crippen LogP contribution in [-0.4, -0.2) is 15.6 Å². The SMILES string of the molecule is Cn1ccc(CC(=O)c2cccc(Br)c2Cl)n1. The van der Waals surface area contributed by atoms with Crippen molar-refractivity contribution in [1.29, 1.82) is 0 Å². The van der Waals surface area contributed by atoms with Gasteiger partial charge in [0.15, 0.2) is 5.78 Å². The Hall–Kier alpha value is -1.13. The van der Waals surface area contributed by atoms with Crippen LogP contribution >= 0.6 is 27.5 Å². The highest BCUT2D eigenvalue weighted by molar-refractivity contribution is 9.10. The van der Waals surface area contributed by atoms with Gasteiger partial charge >= 0.3 is 0 Å². The summed E-state index contributed by atoms with van der Waals surface area (Å²) in [5, 5.41) is 4.62. The van der Waals surface area contributed by atoms with Crippen molar-refractivity contribution < 1.29 is 4.79 Å². The summed E-state index contributed by atoms with van der Waals surface area (Å²) in [5.74, 6) is -0.0324. The van der Waals surface area contributed by atoms with Crippen molar-refractivity contribution in [3.63, 3.8) is 0 Å². The molecule has 0 aliphatic heterocycles. The second-order valence-electron chi connectivity index (χ2n) is 3.68. The maximum atomic E-state index is 12.0. The monoisotopic (exact) mass is 312 g/mol. The molecular weight excluding hydrogens is 304 g/mol. The zero-order valence-corrected chi connectivity index (χ0v) is 11.5. The van der Waals surface area contributed by atoms with Gasteiger partial charge in [-0.05, 0) is 34.1 Å². The highest BCUT2D eigenvalue weighted by atomic mass is 79.9. The van der Waals surface area contributed by atoms with Crippen LogP contribution < -0.4 is 0 Å². The van der Waals surface area contributed by atoms with E-state index in [1.165, 1.54) is 0 Å². The van der Waals surface area contributed by atoms with Crippen LogP contribution in [0.2, 0.25) is 5.02 Å². The van der Waals surface area contributed by atoms with Crippen molar-refractivity contribution in [1.82, 2.24) is 9.78 Å². The summed E-state index contributed by atoms with van der Waals surface area (Å²) in [7, 11) is 1.82. The van der Waals surface area contributed by atoms with Crippen LogP contribution in [0.3, 0.4) is 0 Å². The first-order chi connectivity index (χ1) is 8.08. The average Bonchev–Trinajstić information content (AvgIpc) is 2.68. The van der Waals surface area contributed by atoms with Crippen LogP contribution in [0, 0.1) is 0 Å². The second kappa shape index (κ2) is 5.02. The highest BCUT2D eigenvalue weighted by Crippen LogP contribution is 2.26. The molecule has 1 aromatic heterocycles. The topological polar surface area (TPSA) is 34.9 Å². The normalized spacial score (nSPS) is 10.5. The Morgan fingerprint density at radius 1 is 1.47 bits per heavy atom. The van der Waals surface area contributed by atoms with E-state index in [1.807, 2.05) is 19.3 Å². The Kier molecular flexibility index (Phi) is 3.64. The number of carbonyl (C=O) groups is 1. The number of hydrogen-bond acceptors (Lipinski definition) is 2. The molecule has 0 aliphatic rings. The Morgan fingerprint density at radius 3 is 2.88 bits per heavy atom. The summed E-state index contributed by atoms with van der Waals surface area (Å²) in [4.78, 5) is 12.0. The zero-order valence-electron chi connectivity index (χ0n) is 9.15. The number of rotatable bonds is 3. The zero-order chi connectivity index (χ0) is 12.4. The third kappa shape index (κ3) is 2.76. The first-order valence-corrected chi connectivity index (χ1v) is 6.21. The molecule has 0 saturated carbocycles. The van der Waals surface area contributed by atoms with Crippen LogP contribution in [0.5, 0.6) is 0 Å². The number of aryl methyl sites for hydroxylation is 1. The van der Waals surface area contributed by atoms with Gasteiger partial charge in [-0.15, -0.1) is 0 Å². The van der Waals surface area contributed by atoms with E-state index in [9.17, 15) is 4.79 Å². The molecule has 1 heterocycles. The quantitative estimate of drug-likeness (QED) is 0.815. The molecule has 0 radical (unpaired) electrons. The average molecular weight is 314 g/mol. The molecule has 2 rings (SSSR count). The van der Waals surface area contributed by atoms with E-state index in [4.69, 9.17) is 11.6 Å². The maximum absolute atomic E-state index is 12.0. The highest BCUT2D eigenvalue weighted by Gasteiger charge is 2.13. The van der Waals surface area contributed by atoms with Gasteiger partial charge in [0.25, 0.3) is 0 Å². The minimum absolute atomic E-state index is 0.0324. The number of halogens is 2. The lowest BCUT2D eigenvalue weighted by molar-refractivity contribution is 0.0992. The number of carbonyl (C=O) groups excluding carboxylic acids is 1. The predicted octanol–water partition coefficient (Wildman–Crippen LogP) is 3.26. The molecule has 17 heavy (non-hydrogen) atoms. The molecule has 0 fully saturated rings. The lowest BCUT2D eigenvalue weighted by atomic mass is 10.1. The maximum Gasteiger partial charge on any atom is 0.170 e. The van der Waals surface area contributed by atoms with Crippen molar-refractivity contribution >= 4 is 33.3 Å². The fourth-order valence-electron chi connectivity index (χ4n) is 1.54.